The summed E-state index contributed by atoms with van der Waals surface area (Å²) in [4.78, 5) is 13.5. The molecule has 0 saturated carbocycles. The number of halogens is 1. The summed E-state index contributed by atoms with van der Waals surface area (Å²) in [5, 5.41) is 2.81. The van der Waals surface area contributed by atoms with Crippen LogP contribution >= 0.6 is 0 Å². The van der Waals surface area contributed by atoms with Gasteiger partial charge in [0.2, 0.25) is 0 Å². The number of rotatable bonds is 5. The van der Waals surface area contributed by atoms with Crippen molar-refractivity contribution in [3.63, 3.8) is 0 Å². The first-order valence-electron chi connectivity index (χ1n) is 7.02. The summed E-state index contributed by atoms with van der Waals surface area (Å²) in [5.74, 6) is 0.274. The number of nitrogens with zero attached hydrogens (tertiary/aromatic N) is 1. The Morgan fingerprint density at radius 1 is 1.14 bits per heavy atom. The molecule has 116 valence electrons. The van der Waals surface area contributed by atoms with Crippen molar-refractivity contribution >= 4 is 11.7 Å². The largest absolute Gasteiger partial charge is 0.492 e. The lowest BCUT2D eigenvalue weighted by atomic mass is 10.2. The van der Waals surface area contributed by atoms with Crippen LogP contribution in [0.2, 0.25) is 0 Å². The molecule has 1 N–H and O–H groups in total. The number of aryl methyl sites for hydroxylation is 1. The molecule has 0 bridgehead atoms. The number of benzene rings is 2. The predicted octanol–water partition coefficient (Wildman–Crippen LogP) is 3.68. The van der Waals surface area contributed by atoms with E-state index in [9.17, 15) is 9.18 Å². The molecule has 5 heteroatoms. The SMILES string of the molecule is Cc1ccc(NC(=O)N(C)CCOc2ccc(F)cc2)cc1. The molecule has 0 atom stereocenters. The van der Waals surface area contributed by atoms with Crippen LogP contribution < -0.4 is 10.1 Å². The van der Waals surface area contributed by atoms with Gasteiger partial charge in [-0.3, -0.25) is 0 Å². The summed E-state index contributed by atoms with van der Waals surface area (Å²) < 4.78 is 18.2. The molecule has 4 nitrogen and oxygen atoms in total. The van der Waals surface area contributed by atoms with E-state index >= 15 is 0 Å². The van der Waals surface area contributed by atoms with Crippen LogP contribution in [0.15, 0.2) is 48.5 Å². The number of ether oxygens (including phenoxy) is 1. The molecule has 2 amide bonds. The molecule has 0 unspecified atom stereocenters. The molecule has 0 radical (unpaired) electrons. The highest BCUT2D eigenvalue weighted by molar-refractivity contribution is 5.89. The first-order valence-corrected chi connectivity index (χ1v) is 7.02. The van der Waals surface area contributed by atoms with Gasteiger partial charge in [-0.2, -0.15) is 0 Å². The fourth-order valence-electron chi connectivity index (χ4n) is 1.79. The maximum absolute atomic E-state index is 12.8. The number of likely N-dealkylation sites (N-methyl/N-ethyl adjacent to an activating group) is 1. The van der Waals surface area contributed by atoms with Crippen molar-refractivity contribution in [3.05, 3.63) is 59.9 Å². The Labute approximate surface area is 129 Å². The second kappa shape index (κ2) is 7.45. The number of hydrogen-bond donors (Lipinski definition) is 1. The summed E-state index contributed by atoms with van der Waals surface area (Å²) in [7, 11) is 1.69. The Morgan fingerprint density at radius 2 is 1.77 bits per heavy atom. The summed E-state index contributed by atoms with van der Waals surface area (Å²) in [6, 6.07) is 13.2. The summed E-state index contributed by atoms with van der Waals surface area (Å²) >= 11 is 0. The van der Waals surface area contributed by atoms with Gasteiger partial charge in [-0.1, -0.05) is 17.7 Å². The summed E-state index contributed by atoms with van der Waals surface area (Å²) in [6.07, 6.45) is 0. The number of urea groups is 1. The Kier molecular flexibility index (Phi) is 5.36. The van der Waals surface area contributed by atoms with E-state index in [0.29, 0.717) is 18.9 Å². The monoisotopic (exact) mass is 302 g/mol. The van der Waals surface area contributed by atoms with Crippen LogP contribution in [0, 0.1) is 12.7 Å². The van der Waals surface area contributed by atoms with E-state index in [1.54, 1.807) is 19.2 Å². The van der Waals surface area contributed by atoms with Crippen LogP contribution in [-0.4, -0.2) is 31.1 Å². The average molecular weight is 302 g/mol. The second-order valence-corrected chi connectivity index (χ2v) is 5.02. The number of anilines is 1. The number of amides is 2. The first kappa shape index (κ1) is 15.8. The molecule has 0 heterocycles. The fourth-order valence-corrected chi connectivity index (χ4v) is 1.79. The predicted molar refractivity (Wildman–Crippen MR) is 84.7 cm³/mol. The lowest BCUT2D eigenvalue weighted by Crippen LogP contribution is -2.34. The van der Waals surface area contributed by atoms with Gasteiger partial charge in [0.25, 0.3) is 0 Å². The van der Waals surface area contributed by atoms with Gasteiger partial charge in [0.1, 0.15) is 18.2 Å². The third kappa shape index (κ3) is 4.77. The zero-order chi connectivity index (χ0) is 15.9. The Bertz CT molecular complexity index is 612. The van der Waals surface area contributed by atoms with Crippen molar-refractivity contribution in [2.75, 3.05) is 25.5 Å². The van der Waals surface area contributed by atoms with Crippen LogP contribution in [-0.2, 0) is 0 Å². The summed E-state index contributed by atoms with van der Waals surface area (Å²) in [5.41, 5.74) is 1.89. The highest BCUT2D eigenvalue weighted by atomic mass is 19.1. The third-order valence-corrected chi connectivity index (χ3v) is 3.16. The molecule has 0 spiro atoms. The molecular formula is C17H19FN2O2. The van der Waals surface area contributed by atoms with Crippen molar-refractivity contribution in [2.24, 2.45) is 0 Å². The van der Waals surface area contributed by atoms with Crippen molar-refractivity contribution < 1.29 is 13.9 Å². The van der Waals surface area contributed by atoms with E-state index in [-0.39, 0.29) is 11.8 Å². The Morgan fingerprint density at radius 3 is 2.41 bits per heavy atom. The van der Waals surface area contributed by atoms with Crippen LogP contribution in [0.4, 0.5) is 14.9 Å². The van der Waals surface area contributed by atoms with Crippen LogP contribution in [0.3, 0.4) is 0 Å². The van der Waals surface area contributed by atoms with Crippen LogP contribution in [0.1, 0.15) is 5.56 Å². The van der Waals surface area contributed by atoms with Gasteiger partial charge >= 0.3 is 6.03 Å². The first-order chi connectivity index (χ1) is 10.5. The minimum absolute atomic E-state index is 0.202. The normalized spacial score (nSPS) is 10.1. The van der Waals surface area contributed by atoms with Gasteiger partial charge in [-0.25, -0.2) is 9.18 Å². The van der Waals surface area contributed by atoms with Crippen molar-refractivity contribution in [3.8, 4) is 5.75 Å². The van der Waals surface area contributed by atoms with E-state index in [0.717, 1.165) is 11.3 Å². The van der Waals surface area contributed by atoms with Gasteiger partial charge in [0, 0.05) is 12.7 Å². The second-order valence-electron chi connectivity index (χ2n) is 5.02. The number of carbonyl (C=O) groups is 1. The number of nitrogens with one attached hydrogen (secondary N) is 1. The molecule has 2 aromatic carbocycles. The van der Waals surface area contributed by atoms with E-state index in [1.807, 2.05) is 31.2 Å². The highest BCUT2D eigenvalue weighted by Crippen LogP contribution is 2.11. The van der Waals surface area contributed by atoms with Crippen molar-refractivity contribution in [1.29, 1.82) is 0 Å². The molecular weight excluding hydrogens is 283 g/mol. The smallest absolute Gasteiger partial charge is 0.321 e. The molecule has 0 aromatic heterocycles. The van der Waals surface area contributed by atoms with Gasteiger partial charge in [-0.15, -0.1) is 0 Å². The van der Waals surface area contributed by atoms with Gasteiger partial charge in [0.05, 0.1) is 6.54 Å². The number of hydrogen-bond acceptors (Lipinski definition) is 2. The third-order valence-electron chi connectivity index (χ3n) is 3.16. The van der Waals surface area contributed by atoms with Gasteiger partial charge in [0.15, 0.2) is 0 Å². The fraction of sp³-hybridized carbons (Fsp3) is 0.235. The average Bonchev–Trinajstić information content (AvgIpc) is 2.51. The standard InChI is InChI=1S/C17H19FN2O2/c1-13-3-7-15(8-4-13)19-17(21)20(2)11-12-22-16-9-5-14(18)6-10-16/h3-10H,11-12H2,1-2H3,(H,19,21). The minimum Gasteiger partial charge on any atom is -0.492 e. The van der Waals surface area contributed by atoms with Crippen LogP contribution in [0.5, 0.6) is 5.75 Å². The topological polar surface area (TPSA) is 41.6 Å². The summed E-state index contributed by atoms with van der Waals surface area (Å²) in [6.45, 7) is 2.75. The zero-order valence-corrected chi connectivity index (χ0v) is 12.7. The lowest BCUT2D eigenvalue weighted by Gasteiger charge is -2.18. The van der Waals surface area contributed by atoms with Crippen molar-refractivity contribution in [1.82, 2.24) is 4.90 Å². The molecule has 0 aliphatic heterocycles. The van der Waals surface area contributed by atoms with Gasteiger partial charge < -0.3 is 15.0 Å². The molecule has 0 aliphatic carbocycles. The minimum atomic E-state index is -0.304. The van der Waals surface area contributed by atoms with Crippen LogP contribution in [0.25, 0.3) is 0 Å². The molecule has 2 aromatic rings. The van der Waals surface area contributed by atoms with E-state index in [2.05, 4.69) is 5.32 Å². The molecule has 22 heavy (non-hydrogen) atoms. The Balaban J connectivity index is 1.76. The van der Waals surface area contributed by atoms with E-state index in [1.165, 1.54) is 17.0 Å². The van der Waals surface area contributed by atoms with Crippen molar-refractivity contribution in [2.45, 2.75) is 6.92 Å². The lowest BCUT2D eigenvalue weighted by molar-refractivity contribution is 0.207. The number of carbonyl (C=O) groups excluding carboxylic acids is 1. The molecule has 2 rings (SSSR count). The molecule has 0 aliphatic rings. The zero-order valence-electron chi connectivity index (χ0n) is 12.7. The Hall–Kier alpha value is -2.56. The quantitative estimate of drug-likeness (QED) is 0.915. The maximum atomic E-state index is 12.8. The van der Waals surface area contributed by atoms with E-state index < -0.39 is 0 Å². The van der Waals surface area contributed by atoms with E-state index in [4.69, 9.17) is 4.74 Å². The van der Waals surface area contributed by atoms with Gasteiger partial charge in [-0.05, 0) is 43.3 Å². The molecule has 0 saturated heterocycles. The highest BCUT2D eigenvalue weighted by Gasteiger charge is 2.08. The molecule has 0 fully saturated rings. The maximum Gasteiger partial charge on any atom is 0.321 e.